The zero-order valence-electron chi connectivity index (χ0n) is 10.2. The molecule has 1 aliphatic rings. The van der Waals surface area contributed by atoms with Crippen LogP contribution in [0.4, 0.5) is 0 Å². The summed E-state index contributed by atoms with van der Waals surface area (Å²) in [6.07, 6.45) is 1.60. The molecule has 1 amide bonds. The number of hydrogen-bond donors (Lipinski definition) is 1. The number of likely N-dealkylation sites (tertiary alicyclic amines) is 1. The molecule has 1 aromatic rings. The van der Waals surface area contributed by atoms with Crippen molar-refractivity contribution in [2.24, 2.45) is 5.92 Å². The van der Waals surface area contributed by atoms with Crippen molar-refractivity contribution in [2.45, 2.75) is 19.3 Å². The van der Waals surface area contributed by atoms with Gasteiger partial charge in [0.2, 0.25) is 5.91 Å². The van der Waals surface area contributed by atoms with Crippen LogP contribution in [-0.4, -0.2) is 35.0 Å². The fraction of sp³-hybridized carbons (Fsp3) is 0.429. The van der Waals surface area contributed by atoms with Gasteiger partial charge in [0.1, 0.15) is 0 Å². The Kier molecular flexibility index (Phi) is 3.97. The summed E-state index contributed by atoms with van der Waals surface area (Å²) in [5.41, 5.74) is 1.17. The van der Waals surface area contributed by atoms with Crippen LogP contribution < -0.4 is 0 Å². The number of carbonyl (C=O) groups excluding carboxylic acids is 1. The van der Waals surface area contributed by atoms with Crippen molar-refractivity contribution in [1.29, 1.82) is 0 Å². The van der Waals surface area contributed by atoms with Crippen molar-refractivity contribution in [2.75, 3.05) is 13.1 Å². The van der Waals surface area contributed by atoms with E-state index in [9.17, 15) is 9.59 Å². The zero-order valence-corrected chi connectivity index (χ0v) is 10.2. The lowest BCUT2D eigenvalue weighted by Crippen LogP contribution is -2.43. The molecule has 1 fully saturated rings. The third-order valence-corrected chi connectivity index (χ3v) is 3.36. The van der Waals surface area contributed by atoms with E-state index in [-0.39, 0.29) is 5.91 Å². The number of hydrogen-bond acceptors (Lipinski definition) is 2. The summed E-state index contributed by atoms with van der Waals surface area (Å²) in [7, 11) is 0. The Morgan fingerprint density at radius 3 is 2.72 bits per heavy atom. The molecule has 1 aromatic carbocycles. The van der Waals surface area contributed by atoms with Crippen LogP contribution in [0.15, 0.2) is 30.3 Å². The maximum Gasteiger partial charge on any atom is 0.308 e. The molecular weight excluding hydrogens is 230 g/mol. The van der Waals surface area contributed by atoms with Crippen LogP contribution in [0.2, 0.25) is 0 Å². The summed E-state index contributed by atoms with van der Waals surface area (Å²) in [5.74, 6) is -1.13. The van der Waals surface area contributed by atoms with E-state index in [2.05, 4.69) is 0 Å². The Bertz CT molecular complexity index is 430. The highest BCUT2D eigenvalue weighted by molar-refractivity contribution is 5.80. The average Bonchev–Trinajstić information content (AvgIpc) is 2.38. The van der Waals surface area contributed by atoms with Crippen LogP contribution in [0.3, 0.4) is 0 Å². The molecular formula is C14H17NO3. The first kappa shape index (κ1) is 12.6. The largest absolute Gasteiger partial charge is 0.481 e. The first-order valence-electron chi connectivity index (χ1n) is 6.21. The molecule has 96 valence electrons. The second-order valence-corrected chi connectivity index (χ2v) is 4.65. The molecule has 0 radical (unpaired) electrons. The molecule has 2 rings (SSSR count). The van der Waals surface area contributed by atoms with Gasteiger partial charge in [0.25, 0.3) is 0 Å². The Morgan fingerprint density at radius 2 is 2.06 bits per heavy atom. The molecule has 0 aromatic heterocycles. The third kappa shape index (κ3) is 3.09. The highest BCUT2D eigenvalue weighted by Gasteiger charge is 2.29. The molecule has 4 nitrogen and oxygen atoms in total. The van der Waals surface area contributed by atoms with Crippen molar-refractivity contribution in [3.05, 3.63) is 35.9 Å². The molecule has 0 spiro atoms. The molecule has 4 heteroatoms. The minimum absolute atomic E-state index is 0.0726. The van der Waals surface area contributed by atoms with Crippen LogP contribution in [0.25, 0.3) is 0 Å². The molecule has 1 saturated heterocycles. The van der Waals surface area contributed by atoms with Crippen LogP contribution in [-0.2, 0) is 16.0 Å². The van der Waals surface area contributed by atoms with E-state index < -0.39 is 11.9 Å². The van der Waals surface area contributed by atoms with Gasteiger partial charge in [0.15, 0.2) is 0 Å². The molecule has 0 bridgehead atoms. The van der Waals surface area contributed by atoms with Crippen molar-refractivity contribution in [3.63, 3.8) is 0 Å². The van der Waals surface area contributed by atoms with Gasteiger partial charge in [0.05, 0.1) is 5.92 Å². The summed E-state index contributed by atoms with van der Waals surface area (Å²) in [4.78, 5) is 24.3. The molecule has 0 saturated carbocycles. The first-order chi connectivity index (χ1) is 8.66. The van der Waals surface area contributed by atoms with Crippen LogP contribution in [0, 0.1) is 5.92 Å². The number of nitrogens with zero attached hydrogens (tertiary/aromatic N) is 1. The molecule has 1 N–H and O–H groups in total. The quantitative estimate of drug-likeness (QED) is 0.878. The van der Waals surface area contributed by atoms with E-state index in [1.165, 1.54) is 5.56 Å². The van der Waals surface area contributed by atoms with Crippen molar-refractivity contribution < 1.29 is 14.7 Å². The lowest BCUT2D eigenvalue weighted by molar-refractivity contribution is -0.147. The van der Waals surface area contributed by atoms with E-state index in [4.69, 9.17) is 5.11 Å². The smallest absolute Gasteiger partial charge is 0.308 e. The van der Waals surface area contributed by atoms with E-state index in [1.54, 1.807) is 4.90 Å². The summed E-state index contributed by atoms with van der Waals surface area (Å²) >= 11 is 0. The first-order valence-corrected chi connectivity index (χ1v) is 6.21. The van der Waals surface area contributed by atoms with Gasteiger partial charge in [-0.3, -0.25) is 9.59 Å². The second-order valence-electron chi connectivity index (χ2n) is 4.65. The Balaban J connectivity index is 1.91. The van der Waals surface area contributed by atoms with E-state index in [0.29, 0.717) is 25.9 Å². The van der Waals surface area contributed by atoms with Gasteiger partial charge in [-0.15, -0.1) is 0 Å². The fourth-order valence-electron chi connectivity index (χ4n) is 2.24. The molecule has 1 atom stereocenters. The molecule has 1 aliphatic heterocycles. The SMILES string of the molecule is O=C(O)[C@@H]1CCC(=O)N(CCc2ccccc2)C1. The minimum atomic E-state index is -0.799. The normalized spacial score (nSPS) is 19.9. The maximum atomic E-state index is 11.7. The fourth-order valence-corrected chi connectivity index (χ4v) is 2.24. The number of carboxylic acids is 1. The molecule has 0 unspecified atom stereocenters. The number of amides is 1. The Labute approximate surface area is 106 Å². The second kappa shape index (κ2) is 5.67. The lowest BCUT2D eigenvalue weighted by Gasteiger charge is -2.30. The predicted octanol–water partition coefficient (Wildman–Crippen LogP) is 1.55. The Morgan fingerprint density at radius 1 is 1.33 bits per heavy atom. The molecule has 18 heavy (non-hydrogen) atoms. The van der Waals surface area contributed by atoms with Gasteiger partial charge in [-0.25, -0.2) is 0 Å². The van der Waals surface area contributed by atoms with Crippen molar-refractivity contribution in [1.82, 2.24) is 4.90 Å². The lowest BCUT2D eigenvalue weighted by atomic mass is 9.97. The molecule has 0 aliphatic carbocycles. The number of rotatable bonds is 4. The topological polar surface area (TPSA) is 57.6 Å². The summed E-state index contributed by atoms with van der Waals surface area (Å²) in [5, 5.41) is 8.99. The number of carbonyl (C=O) groups is 2. The van der Waals surface area contributed by atoms with Gasteiger partial charge >= 0.3 is 5.97 Å². The summed E-state index contributed by atoms with van der Waals surface area (Å²) < 4.78 is 0. The van der Waals surface area contributed by atoms with Crippen LogP contribution >= 0.6 is 0 Å². The number of piperidine rings is 1. The number of benzene rings is 1. The predicted molar refractivity (Wildman–Crippen MR) is 67.1 cm³/mol. The van der Waals surface area contributed by atoms with Crippen LogP contribution in [0.5, 0.6) is 0 Å². The Hall–Kier alpha value is -1.84. The standard InChI is InChI=1S/C14H17NO3/c16-13-7-6-12(14(17)18)10-15(13)9-8-11-4-2-1-3-5-11/h1-5,12H,6-10H2,(H,17,18)/t12-/m1/s1. The average molecular weight is 247 g/mol. The zero-order chi connectivity index (χ0) is 13.0. The van der Waals surface area contributed by atoms with Gasteiger partial charge < -0.3 is 10.0 Å². The van der Waals surface area contributed by atoms with Crippen molar-refractivity contribution >= 4 is 11.9 Å². The highest BCUT2D eigenvalue weighted by Crippen LogP contribution is 2.18. The highest BCUT2D eigenvalue weighted by atomic mass is 16.4. The number of aliphatic carboxylic acids is 1. The summed E-state index contributed by atoms with van der Waals surface area (Å²) in [6.45, 7) is 0.952. The van der Waals surface area contributed by atoms with E-state index >= 15 is 0 Å². The van der Waals surface area contributed by atoms with Gasteiger partial charge in [0, 0.05) is 19.5 Å². The third-order valence-electron chi connectivity index (χ3n) is 3.36. The van der Waals surface area contributed by atoms with Gasteiger partial charge in [-0.1, -0.05) is 30.3 Å². The minimum Gasteiger partial charge on any atom is -0.481 e. The van der Waals surface area contributed by atoms with Crippen LogP contribution in [0.1, 0.15) is 18.4 Å². The molecule has 1 heterocycles. The van der Waals surface area contributed by atoms with E-state index in [0.717, 1.165) is 6.42 Å². The van der Waals surface area contributed by atoms with Gasteiger partial charge in [-0.05, 0) is 18.4 Å². The van der Waals surface area contributed by atoms with Crippen molar-refractivity contribution in [3.8, 4) is 0 Å². The summed E-state index contributed by atoms with van der Waals surface area (Å²) in [6, 6.07) is 9.92. The monoisotopic (exact) mass is 247 g/mol. The van der Waals surface area contributed by atoms with Gasteiger partial charge in [-0.2, -0.15) is 0 Å². The maximum absolute atomic E-state index is 11.7. The number of carboxylic acid groups (broad SMARTS) is 1. The van der Waals surface area contributed by atoms with E-state index in [1.807, 2.05) is 30.3 Å².